The van der Waals surface area contributed by atoms with Crippen LogP contribution in [0, 0.1) is 0 Å². The van der Waals surface area contributed by atoms with E-state index in [0.717, 1.165) is 5.56 Å². The molecule has 1 N–H and O–H groups in total. The van der Waals surface area contributed by atoms with Gasteiger partial charge >= 0.3 is 5.97 Å². The number of nitrogens with zero attached hydrogens (tertiary/aromatic N) is 1. The predicted molar refractivity (Wildman–Crippen MR) is 43.6 cm³/mol. The Kier molecular flexibility index (Phi) is 2.80. The van der Waals surface area contributed by atoms with E-state index in [1.807, 2.05) is 36.1 Å². The molecular weight excluding hydrogens is 154 g/mol. The van der Waals surface area contributed by atoms with E-state index in [9.17, 15) is 4.79 Å². The summed E-state index contributed by atoms with van der Waals surface area (Å²) in [6.45, 7) is 0. The molecule has 1 rings (SSSR count). The highest BCUT2D eigenvalue weighted by atomic mass is 16.4. The third-order valence-corrected chi connectivity index (χ3v) is 1.68. The average Bonchev–Trinajstić information content (AvgIpc) is 2.03. The van der Waals surface area contributed by atoms with E-state index in [-0.39, 0.29) is 6.42 Å². The largest absolute Gasteiger partial charge is 0.481 e. The molecule has 0 atom stereocenters. The molecule has 64 valence electrons. The van der Waals surface area contributed by atoms with Crippen molar-refractivity contribution in [1.29, 1.82) is 0 Å². The zero-order chi connectivity index (χ0) is 8.97. The maximum absolute atomic E-state index is 10.2. The van der Waals surface area contributed by atoms with Crippen molar-refractivity contribution < 1.29 is 14.5 Å². The minimum Gasteiger partial charge on any atom is -0.481 e. The second-order valence-corrected chi connectivity index (χ2v) is 2.77. The van der Waals surface area contributed by atoms with Gasteiger partial charge in [-0.1, -0.05) is 0 Å². The number of aromatic nitrogens is 1. The number of hydrogen-bond acceptors (Lipinski definition) is 1. The van der Waals surface area contributed by atoms with Crippen LogP contribution in [0.25, 0.3) is 0 Å². The topological polar surface area (TPSA) is 41.2 Å². The van der Waals surface area contributed by atoms with Crippen LogP contribution in [0.15, 0.2) is 24.5 Å². The van der Waals surface area contributed by atoms with Gasteiger partial charge in [0.2, 0.25) is 0 Å². The van der Waals surface area contributed by atoms with Crippen molar-refractivity contribution in [2.75, 3.05) is 0 Å². The van der Waals surface area contributed by atoms with Gasteiger partial charge in [0, 0.05) is 18.6 Å². The smallest absolute Gasteiger partial charge is 0.303 e. The van der Waals surface area contributed by atoms with Crippen LogP contribution >= 0.6 is 0 Å². The van der Waals surface area contributed by atoms with Crippen molar-refractivity contribution in [3.63, 3.8) is 0 Å². The van der Waals surface area contributed by atoms with Gasteiger partial charge in [0.25, 0.3) is 0 Å². The van der Waals surface area contributed by atoms with Crippen molar-refractivity contribution in [3.05, 3.63) is 30.1 Å². The molecule has 3 nitrogen and oxygen atoms in total. The number of hydrogen-bond donors (Lipinski definition) is 1. The summed E-state index contributed by atoms with van der Waals surface area (Å²) < 4.78 is 1.92. The Hall–Kier alpha value is -1.38. The number of rotatable bonds is 3. The fraction of sp³-hybridized carbons (Fsp3) is 0.333. The lowest BCUT2D eigenvalue weighted by molar-refractivity contribution is -0.671. The molecule has 0 amide bonds. The van der Waals surface area contributed by atoms with Crippen molar-refractivity contribution in [2.45, 2.75) is 12.8 Å². The van der Waals surface area contributed by atoms with Crippen molar-refractivity contribution in [2.24, 2.45) is 7.05 Å². The first-order valence-electron chi connectivity index (χ1n) is 3.84. The zero-order valence-electron chi connectivity index (χ0n) is 7.03. The van der Waals surface area contributed by atoms with Crippen LogP contribution in [0.2, 0.25) is 0 Å². The summed E-state index contributed by atoms with van der Waals surface area (Å²) in [4.78, 5) is 10.2. The third kappa shape index (κ3) is 2.70. The minimum absolute atomic E-state index is 0.202. The molecule has 0 radical (unpaired) electrons. The van der Waals surface area contributed by atoms with Gasteiger partial charge < -0.3 is 5.11 Å². The molecule has 1 aromatic rings. The van der Waals surface area contributed by atoms with Gasteiger partial charge in [-0.25, -0.2) is 4.57 Å². The molecule has 0 aliphatic heterocycles. The second kappa shape index (κ2) is 3.85. The van der Waals surface area contributed by atoms with Crippen LogP contribution in [-0.2, 0) is 18.3 Å². The summed E-state index contributed by atoms with van der Waals surface area (Å²) in [7, 11) is 1.93. The van der Waals surface area contributed by atoms with E-state index in [1.54, 1.807) is 0 Å². The summed E-state index contributed by atoms with van der Waals surface area (Å²) in [6, 6.07) is 3.87. The van der Waals surface area contributed by atoms with Crippen molar-refractivity contribution in [3.8, 4) is 0 Å². The Balaban J connectivity index is 2.53. The molecule has 0 bridgehead atoms. The molecular formula is C9H12NO2+. The summed E-state index contributed by atoms with van der Waals surface area (Å²) in [6.07, 6.45) is 4.64. The molecule has 0 saturated carbocycles. The van der Waals surface area contributed by atoms with Crippen LogP contribution in [0.5, 0.6) is 0 Å². The van der Waals surface area contributed by atoms with Crippen LogP contribution in [-0.4, -0.2) is 11.1 Å². The molecule has 0 saturated heterocycles. The highest BCUT2D eigenvalue weighted by Gasteiger charge is 1.99. The van der Waals surface area contributed by atoms with Crippen molar-refractivity contribution >= 4 is 5.97 Å². The van der Waals surface area contributed by atoms with Crippen LogP contribution < -0.4 is 4.57 Å². The standard InChI is InChI=1S/C9H11NO2/c1-10-6-4-8(5-7-10)2-3-9(11)12/h4-7H,2-3H2,1H3/p+1. The lowest BCUT2D eigenvalue weighted by Gasteiger charge is -1.95. The predicted octanol–water partition coefficient (Wildman–Crippen LogP) is 0.528. The maximum Gasteiger partial charge on any atom is 0.303 e. The van der Waals surface area contributed by atoms with Crippen LogP contribution in [0.3, 0.4) is 0 Å². The van der Waals surface area contributed by atoms with Gasteiger partial charge in [0.15, 0.2) is 12.4 Å². The van der Waals surface area contributed by atoms with Gasteiger partial charge in [0.05, 0.1) is 0 Å². The van der Waals surface area contributed by atoms with Crippen LogP contribution in [0.1, 0.15) is 12.0 Å². The average molecular weight is 166 g/mol. The van der Waals surface area contributed by atoms with E-state index >= 15 is 0 Å². The van der Waals surface area contributed by atoms with Gasteiger partial charge in [-0.2, -0.15) is 0 Å². The first-order valence-corrected chi connectivity index (χ1v) is 3.84. The number of aryl methyl sites for hydroxylation is 2. The monoisotopic (exact) mass is 166 g/mol. The normalized spacial score (nSPS) is 9.75. The third-order valence-electron chi connectivity index (χ3n) is 1.68. The summed E-state index contributed by atoms with van der Waals surface area (Å²) in [5.74, 6) is -0.747. The maximum atomic E-state index is 10.2. The molecule has 0 aliphatic rings. The number of carbonyl (C=O) groups is 1. The number of pyridine rings is 1. The number of aliphatic carboxylic acids is 1. The van der Waals surface area contributed by atoms with Crippen LogP contribution in [0.4, 0.5) is 0 Å². The van der Waals surface area contributed by atoms with Gasteiger partial charge in [-0.15, -0.1) is 0 Å². The molecule has 0 fully saturated rings. The van der Waals surface area contributed by atoms with Gasteiger partial charge in [0.1, 0.15) is 7.05 Å². The van der Waals surface area contributed by atoms with E-state index in [1.165, 1.54) is 0 Å². The lowest BCUT2D eigenvalue weighted by Crippen LogP contribution is -2.25. The Labute approximate surface area is 71.3 Å². The molecule has 3 heteroatoms. The van der Waals surface area contributed by atoms with E-state index in [2.05, 4.69) is 0 Å². The summed E-state index contributed by atoms with van der Waals surface area (Å²) >= 11 is 0. The number of carboxylic acid groups (broad SMARTS) is 1. The Bertz CT molecular complexity index is 266. The molecule has 12 heavy (non-hydrogen) atoms. The van der Waals surface area contributed by atoms with Gasteiger partial charge in [-0.3, -0.25) is 4.79 Å². The SMILES string of the molecule is C[n+]1ccc(CCC(=O)O)cc1. The highest BCUT2D eigenvalue weighted by molar-refractivity contribution is 5.67. The van der Waals surface area contributed by atoms with E-state index < -0.39 is 5.97 Å². The lowest BCUT2D eigenvalue weighted by atomic mass is 10.1. The Morgan fingerprint density at radius 2 is 2.08 bits per heavy atom. The van der Waals surface area contributed by atoms with E-state index in [4.69, 9.17) is 5.11 Å². The molecule has 1 heterocycles. The Morgan fingerprint density at radius 3 is 2.58 bits per heavy atom. The fourth-order valence-electron chi connectivity index (χ4n) is 0.950. The second-order valence-electron chi connectivity index (χ2n) is 2.77. The molecule has 1 aromatic heterocycles. The first kappa shape index (κ1) is 8.71. The molecule has 0 unspecified atom stereocenters. The molecule has 0 spiro atoms. The first-order chi connectivity index (χ1) is 5.68. The minimum atomic E-state index is -0.747. The molecule has 0 aromatic carbocycles. The zero-order valence-corrected chi connectivity index (χ0v) is 7.03. The fourth-order valence-corrected chi connectivity index (χ4v) is 0.950. The number of carboxylic acids is 1. The summed E-state index contributed by atoms with van der Waals surface area (Å²) in [5, 5.41) is 8.42. The highest BCUT2D eigenvalue weighted by Crippen LogP contribution is 1.99. The van der Waals surface area contributed by atoms with Gasteiger partial charge in [-0.05, 0) is 12.0 Å². The quantitative estimate of drug-likeness (QED) is 0.665. The Morgan fingerprint density at radius 1 is 1.50 bits per heavy atom. The molecule has 0 aliphatic carbocycles. The van der Waals surface area contributed by atoms with Crippen molar-refractivity contribution in [1.82, 2.24) is 0 Å². The van der Waals surface area contributed by atoms with E-state index in [0.29, 0.717) is 6.42 Å². The summed E-state index contributed by atoms with van der Waals surface area (Å²) in [5.41, 5.74) is 1.07.